The number of carbonyl (C=O) groups is 2. The molecule has 3 rings (SSSR count). The molecule has 2 amide bonds. The molecule has 0 unspecified atom stereocenters. The van der Waals surface area contributed by atoms with Crippen LogP contribution in [-0.4, -0.2) is 57.3 Å². The van der Waals surface area contributed by atoms with Gasteiger partial charge >= 0.3 is 0 Å². The van der Waals surface area contributed by atoms with Gasteiger partial charge in [-0.3, -0.25) is 9.59 Å². The summed E-state index contributed by atoms with van der Waals surface area (Å²) in [5.74, 6) is 0.149. The van der Waals surface area contributed by atoms with E-state index in [2.05, 4.69) is 4.98 Å². The van der Waals surface area contributed by atoms with E-state index in [0.717, 1.165) is 5.56 Å². The fraction of sp³-hybridized carbons (Fsp3) is 0.375. The van der Waals surface area contributed by atoms with Crippen LogP contribution in [0.2, 0.25) is 0 Å². The van der Waals surface area contributed by atoms with Crippen molar-refractivity contribution in [2.75, 3.05) is 26.2 Å². The van der Waals surface area contributed by atoms with Gasteiger partial charge in [0.05, 0.1) is 12.0 Å². The molecule has 6 heteroatoms. The minimum Gasteiger partial charge on any atom is -0.367 e. The summed E-state index contributed by atoms with van der Waals surface area (Å²) < 4.78 is 1.94. The minimum absolute atomic E-state index is 0.0245. The smallest absolute Gasteiger partial charge is 0.255 e. The number of nitrogens with zero attached hydrogens (tertiary/aromatic N) is 3. The highest BCUT2D eigenvalue weighted by Gasteiger charge is 2.25. The van der Waals surface area contributed by atoms with E-state index in [1.807, 2.05) is 35.0 Å². The highest BCUT2D eigenvalue weighted by molar-refractivity contribution is 5.94. The summed E-state index contributed by atoms with van der Waals surface area (Å²) in [6, 6.07) is 3.73. The summed E-state index contributed by atoms with van der Waals surface area (Å²) in [6.45, 7) is 2.37. The molecule has 1 N–H and O–H groups in total. The van der Waals surface area contributed by atoms with Crippen molar-refractivity contribution in [3.8, 4) is 0 Å². The summed E-state index contributed by atoms with van der Waals surface area (Å²) in [6.07, 6.45) is 7.77. The zero-order valence-corrected chi connectivity index (χ0v) is 12.7. The molecule has 0 aromatic carbocycles. The molecule has 0 atom stereocenters. The Morgan fingerprint density at radius 1 is 1.14 bits per heavy atom. The second-order valence-electron chi connectivity index (χ2n) is 5.63. The van der Waals surface area contributed by atoms with Crippen molar-refractivity contribution in [2.24, 2.45) is 7.05 Å². The highest BCUT2D eigenvalue weighted by Crippen LogP contribution is 2.10. The van der Waals surface area contributed by atoms with Crippen molar-refractivity contribution < 1.29 is 9.59 Å². The second-order valence-corrected chi connectivity index (χ2v) is 5.63. The fourth-order valence-electron chi connectivity index (χ4n) is 2.75. The predicted octanol–water partition coefficient (Wildman–Crippen LogP) is 0.880. The van der Waals surface area contributed by atoms with E-state index in [1.165, 1.54) is 0 Å². The summed E-state index contributed by atoms with van der Waals surface area (Å²) in [7, 11) is 1.94. The average molecular weight is 300 g/mol. The van der Waals surface area contributed by atoms with Crippen molar-refractivity contribution >= 4 is 11.8 Å². The molecule has 3 heterocycles. The number of nitrogens with one attached hydrogen (secondary N) is 1. The summed E-state index contributed by atoms with van der Waals surface area (Å²) in [5.41, 5.74) is 1.70. The normalized spacial score (nSPS) is 15.1. The van der Waals surface area contributed by atoms with Crippen LogP contribution < -0.4 is 0 Å². The van der Waals surface area contributed by atoms with Crippen molar-refractivity contribution in [2.45, 2.75) is 6.42 Å². The molecule has 116 valence electrons. The first kappa shape index (κ1) is 14.4. The number of hydrogen-bond acceptors (Lipinski definition) is 2. The minimum atomic E-state index is 0.0245. The Hall–Kier alpha value is -2.50. The lowest BCUT2D eigenvalue weighted by Gasteiger charge is -2.34. The van der Waals surface area contributed by atoms with E-state index in [9.17, 15) is 9.59 Å². The SMILES string of the molecule is Cn1ccc(CC(=O)N2CCN(C(=O)c3cc[nH]c3)CC2)c1. The molecule has 0 aliphatic carbocycles. The molecule has 0 radical (unpaired) electrons. The average Bonchev–Trinajstić information content (AvgIpc) is 3.18. The molecular weight excluding hydrogens is 280 g/mol. The summed E-state index contributed by atoms with van der Waals surface area (Å²) in [5, 5.41) is 0. The van der Waals surface area contributed by atoms with Crippen molar-refractivity contribution in [3.05, 3.63) is 48.0 Å². The molecule has 1 fully saturated rings. The van der Waals surface area contributed by atoms with Crippen molar-refractivity contribution in [1.82, 2.24) is 19.4 Å². The predicted molar refractivity (Wildman–Crippen MR) is 82.4 cm³/mol. The van der Waals surface area contributed by atoms with Crippen LogP contribution >= 0.6 is 0 Å². The number of aromatic nitrogens is 2. The molecular formula is C16H20N4O2. The molecule has 2 aromatic rings. The van der Waals surface area contributed by atoms with E-state index in [-0.39, 0.29) is 11.8 Å². The maximum absolute atomic E-state index is 12.3. The lowest BCUT2D eigenvalue weighted by molar-refractivity contribution is -0.131. The standard InChI is InChI=1S/C16H20N4O2/c1-18-5-3-13(12-18)10-15(21)19-6-8-20(9-7-19)16(22)14-2-4-17-11-14/h2-5,11-12,17H,6-10H2,1H3. The van der Waals surface area contributed by atoms with Gasteiger partial charge in [0.25, 0.3) is 5.91 Å². The molecule has 2 aromatic heterocycles. The van der Waals surface area contributed by atoms with Crippen LogP contribution in [0.1, 0.15) is 15.9 Å². The number of hydrogen-bond donors (Lipinski definition) is 1. The maximum atomic E-state index is 12.3. The summed E-state index contributed by atoms with van der Waals surface area (Å²) >= 11 is 0. The quantitative estimate of drug-likeness (QED) is 0.915. The van der Waals surface area contributed by atoms with E-state index < -0.39 is 0 Å². The van der Waals surface area contributed by atoms with E-state index in [0.29, 0.717) is 38.2 Å². The van der Waals surface area contributed by atoms with E-state index in [1.54, 1.807) is 23.4 Å². The van der Waals surface area contributed by atoms with Gasteiger partial charge in [-0.25, -0.2) is 0 Å². The number of H-pyrrole nitrogens is 1. The maximum Gasteiger partial charge on any atom is 0.255 e. The highest BCUT2D eigenvalue weighted by atomic mass is 16.2. The Kier molecular flexibility index (Phi) is 4.00. The molecule has 0 saturated carbocycles. The Balaban J connectivity index is 1.53. The number of aryl methyl sites for hydroxylation is 1. The largest absolute Gasteiger partial charge is 0.367 e. The van der Waals surface area contributed by atoms with Gasteiger partial charge in [0.15, 0.2) is 0 Å². The Morgan fingerprint density at radius 2 is 1.86 bits per heavy atom. The zero-order valence-electron chi connectivity index (χ0n) is 12.7. The number of rotatable bonds is 3. The van der Waals surface area contributed by atoms with Gasteiger partial charge in [0.2, 0.25) is 5.91 Å². The number of amides is 2. The number of piperazine rings is 1. The molecule has 1 aliphatic heterocycles. The Labute approximate surface area is 129 Å². The molecule has 1 saturated heterocycles. The van der Waals surface area contributed by atoms with Crippen LogP contribution in [0, 0.1) is 0 Å². The molecule has 0 spiro atoms. The third-order valence-electron chi connectivity index (χ3n) is 4.01. The number of aromatic amines is 1. The monoisotopic (exact) mass is 300 g/mol. The first-order valence-electron chi connectivity index (χ1n) is 7.44. The van der Waals surface area contributed by atoms with Crippen LogP contribution in [0.25, 0.3) is 0 Å². The van der Waals surface area contributed by atoms with Crippen LogP contribution in [0.4, 0.5) is 0 Å². The topological polar surface area (TPSA) is 61.3 Å². The van der Waals surface area contributed by atoms with Gasteiger partial charge < -0.3 is 19.4 Å². The second kappa shape index (κ2) is 6.09. The Morgan fingerprint density at radius 3 is 2.45 bits per heavy atom. The van der Waals surface area contributed by atoms with Gasteiger partial charge in [-0.15, -0.1) is 0 Å². The van der Waals surface area contributed by atoms with Gasteiger partial charge in [-0.05, 0) is 17.7 Å². The zero-order chi connectivity index (χ0) is 15.5. The third kappa shape index (κ3) is 3.05. The fourth-order valence-corrected chi connectivity index (χ4v) is 2.75. The lowest BCUT2D eigenvalue weighted by Crippen LogP contribution is -2.50. The summed E-state index contributed by atoms with van der Waals surface area (Å²) in [4.78, 5) is 31.1. The van der Waals surface area contributed by atoms with E-state index >= 15 is 0 Å². The number of carbonyl (C=O) groups excluding carboxylic acids is 2. The van der Waals surface area contributed by atoms with Crippen molar-refractivity contribution in [1.29, 1.82) is 0 Å². The van der Waals surface area contributed by atoms with E-state index in [4.69, 9.17) is 0 Å². The van der Waals surface area contributed by atoms with Gasteiger partial charge in [0.1, 0.15) is 0 Å². The van der Waals surface area contributed by atoms with Crippen LogP contribution in [-0.2, 0) is 18.3 Å². The molecule has 6 nitrogen and oxygen atoms in total. The lowest BCUT2D eigenvalue weighted by atomic mass is 10.2. The van der Waals surface area contributed by atoms with Gasteiger partial charge in [0, 0.05) is 58.0 Å². The first-order chi connectivity index (χ1) is 10.6. The van der Waals surface area contributed by atoms with Gasteiger partial charge in [-0.1, -0.05) is 0 Å². The van der Waals surface area contributed by atoms with Crippen LogP contribution in [0.5, 0.6) is 0 Å². The Bertz CT molecular complexity index is 652. The molecule has 1 aliphatic rings. The van der Waals surface area contributed by atoms with Gasteiger partial charge in [-0.2, -0.15) is 0 Å². The third-order valence-corrected chi connectivity index (χ3v) is 4.01. The molecule has 0 bridgehead atoms. The van der Waals surface area contributed by atoms with Crippen LogP contribution in [0.3, 0.4) is 0 Å². The van der Waals surface area contributed by atoms with Crippen LogP contribution in [0.15, 0.2) is 36.9 Å². The molecule has 22 heavy (non-hydrogen) atoms. The first-order valence-corrected chi connectivity index (χ1v) is 7.44. The van der Waals surface area contributed by atoms with Crippen molar-refractivity contribution in [3.63, 3.8) is 0 Å².